The summed E-state index contributed by atoms with van der Waals surface area (Å²) in [5.41, 5.74) is -0.702. The second kappa shape index (κ2) is 6.65. The lowest BCUT2D eigenvalue weighted by Crippen LogP contribution is -2.43. The number of aliphatic hydroxyl groups excluding tert-OH is 3. The van der Waals surface area contributed by atoms with E-state index in [4.69, 9.17) is 9.84 Å². The molecule has 1 aliphatic rings. The summed E-state index contributed by atoms with van der Waals surface area (Å²) in [6, 6.07) is 6.30. The Kier molecular flexibility index (Phi) is 4.58. The maximum absolute atomic E-state index is 12.6. The monoisotopic (exact) mass is 335 g/mol. The first kappa shape index (κ1) is 16.5. The van der Waals surface area contributed by atoms with Gasteiger partial charge < -0.3 is 20.1 Å². The molecule has 1 fully saturated rings. The number of nitrogens with zero attached hydrogens (tertiary/aromatic N) is 3. The minimum atomic E-state index is -1.40. The van der Waals surface area contributed by atoms with Gasteiger partial charge in [0.1, 0.15) is 18.3 Å². The van der Waals surface area contributed by atoms with E-state index in [0.717, 1.165) is 9.13 Å². The second-order valence-electron chi connectivity index (χ2n) is 5.48. The molecule has 128 valence electrons. The molecule has 3 heterocycles. The van der Waals surface area contributed by atoms with Crippen molar-refractivity contribution in [3.63, 3.8) is 0 Å². The van der Waals surface area contributed by atoms with Crippen molar-refractivity contribution in [3.05, 3.63) is 63.2 Å². The summed E-state index contributed by atoms with van der Waals surface area (Å²) < 4.78 is 7.31. The molecule has 4 atom stereocenters. The molecule has 0 amide bonds. The Balaban J connectivity index is 1.98. The minimum Gasteiger partial charge on any atom is -0.394 e. The third-order valence-electron chi connectivity index (χ3n) is 3.93. The summed E-state index contributed by atoms with van der Waals surface area (Å²) in [7, 11) is 0. The van der Waals surface area contributed by atoms with Crippen molar-refractivity contribution in [1.29, 1.82) is 0 Å². The van der Waals surface area contributed by atoms with Crippen molar-refractivity contribution >= 4 is 0 Å². The molecule has 0 radical (unpaired) electrons. The molecule has 3 rings (SSSR count). The molecule has 2 aromatic heterocycles. The maximum Gasteiger partial charge on any atom is 0.333 e. The van der Waals surface area contributed by atoms with Crippen molar-refractivity contribution in [2.45, 2.75) is 31.1 Å². The first-order valence-electron chi connectivity index (χ1n) is 7.37. The molecule has 24 heavy (non-hydrogen) atoms. The quantitative estimate of drug-likeness (QED) is 0.593. The fourth-order valence-electron chi connectivity index (χ4n) is 2.63. The van der Waals surface area contributed by atoms with Crippen molar-refractivity contribution in [2.75, 3.05) is 6.61 Å². The van der Waals surface area contributed by atoms with Crippen LogP contribution in [0.1, 0.15) is 11.9 Å². The van der Waals surface area contributed by atoms with Gasteiger partial charge in [0, 0.05) is 18.5 Å². The van der Waals surface area contributed by atoms with Crippen LogP contribution in [0.5, 0.6) is 0 Å². The Morgan fingerprint density at radius 3 is 2.58 bits per heavy atom. The van der Waals surface area contributed by atoms with E-state index in [1.54, 1.807) is 24.4 Å². The number of aliphatic hydroxyl groups is 3. The van der Waals surface area contributed by atoms with Crippen LogP contribution in [0, 0.1) is 0 Å². The fraction of sp³-hybridized carbons (Fsp3) is 0.400. The lowest BCUT2D eigenvalue weighted by atomic mass is 10.1. The number of hydrogen-bond acceptors (Lipinski definition) is 7. The molecule has 1 saturated heterocycles. The van der Waals surface area contributed by atoms with Crippen molar-refractivity contribution in [1.82, 2.24) is 14.1 Å². The maximum atomic E-state index is 12.6. The van der Waals surface area contributed by atoms with Gasteiger partial charge in [-0.15, -0.1) is 0 Å². The van der Waals surface area contributed by atoms with Crippen molar-refractivity contribution in [3.8, 4) is 0 Å². The fourth-order valence-corrected chi connectivity index (χ4v) is 2.63. The molecule has 9 nitrogen and oxygen atoms in total. The predicted octanol–water partition coefficient (Wildman–Crippen LogP) is -1.94. The van der Waals surface area contributed by atoms with Gasteiger partial charge in [0.05, 0.1) is 18.8 Å². The minimum absolute atomic E-state index is 0.0336. The summed E-state index contributed by atoms with van der Waals surface area (Å²) in [6.07, 6.45) is -2.19. The highest BCUT2D eigenvalue weighted by atomic mass is 16.6. The lowest BCUT2D eigenvalue weighted by Gasteiger charge is -2.18. The Hall–Kier alpha value is -2.33. The molecule has 0 aliphatic carbocycles. The Labute approximate surface area is 136 Å². The van der Waals surface area contributed by atoms with Gasteiger partial charge >= 0.3 is 5.69 Å². The molecule has 1 aliphatic heterocycles. The SMILES string of the molecule is O=c1ccn([C@@H]2O[C@H](CO)C(O)[C@@H]2O)c(=O)n1Cc1ccccn1. The van der Waals surface area contributed by atoms with Crippen LogP contribution >= 0.6 is 0 Å². The van der Waals surface area contributed by atoms with Crippen LogP contribution in [-0.4, -0.2) is 54.4 Å². The highest BCUT2D eigenvalue weighted by Crippen LogP contribution is 2.27. The zero-order chi connectivity index (χ0) is 17.3. The van der Waals surface area contributed by atoms with Gasteiger partial charge in [-0.3, -0.25) is 18.9 Å². The van der Waals surface area contributed by atoms with Gasteiger partial charge in [-0.1, -0.05) is 6.07 Å². The van der Waals surface area contributed by atoms with Crippen LogP contribution in [0.2, 0.25) is 0 Å². The van der Waals surface area contributed by atoms with Gasteiger partial charge in [0.25, 0.3) is 5.56 Å². The summed E-state index contributed by atoms with van der Waals surface area (Å²) >= 11 is 0. The first-order valence-corrected chi connectivity index (χ1v) is 7.37. The molecule has 0 aromatic carbocycles. The summed E-state index contributed by atoms with van der Waals surface area (Å²) in [5, 5.41) is 29.0. The van der Waals surface area contributed by atoms with Crippen LogP contribution in [0.15, 0.2) is 46.2 Å². The van der Waals surface area contributed by atoms with E-state index >= 15 is 0 Å². The molecule has 9 heteroatoms. The van der Waals surface area contributed by atoms with Gasteiger partial charge in [-0.25, -0.2) is 4.79 Å². The predicted molar refractivity (Wildman–Crippen MR) is 81.3 cm³/mol. The van der Waals surface area contributed by atoms with E-state index in [-0.39, 0.29) is 6.54 Å². The van der Waals surface area contributed by atoms with E-state index in [1.165, 1.54) is 12.3 Å². The Morgan fingerprint density at radius 1 is 1.17 bits per heavy atom. The van der Waals surface area contributed by atoms with E-state index in [9.17, 15) is 19.8 Å². The highest BCUT2D eigenvalue weighted by Gasteiger charge is 2.43. The first-order chi connectivity index (χ1) is 11.5. The van der Waals surface area contributed by atoms with Crippen LogP contribution in [-0.2, 0) is 11.3 Å². The van der Waals surface area contributed by atoms with Gasteiger partial charge in [0.15, 0.2) is 6.23 Å². The summed E-state index contributed by atoms with van der Waals surface area (Å²) in [4.78, 5) is 28.7. The number of rotatable bonds is 4. The molecule has 1 unspecified atom stereocenters. The average Bonchev–Trinajstić information content (AvgIpc) is 2.88. The second-order valence-corrected chi connectivity index (χ2v) is 5.48. The largest absolute Gasteiger partial charge is 0.394 e. The standard InChI is InChI=1S/C15H17N3O6/c19-8-10-12(21)13(22)14(24-10)17-6-4-11(20)18(15(17)23)7-9-3-1-2-5-16-9/h1-6,10,12-14,19,21-22H,7-8H2/t10-,12?,13+,14-/m1/s1. The molecule has 3 N–H and O–H groups in total. The van der Waals surface area contributed by atoms with E-state index < -0.39 is 42.4 Å². The van der Waals surface area contributed by atoms with Crippen molar-refractivity contribution < 1.29 is 20.1 Å². The normalized spacial score (nSPS) is 26.6. The van der Waals surface area contributed by atoms with Crippen LogP contribution in [0.25, 0.3) is 0 Å². The number of ether oxygens (including phenoxy) is 1. The van der Waals surface area contributed by atoms with Gasteiger partial charge in [-0.05, 0) is 12.1 Å². The van der Waals surface area contributed by atoms with Gasteiger partial charge in [-0.2, -0.15) is 0 Å². The van der Waals surface area contributed by atoms with E-state index in [0.29, 0.717) is 5.69 Å². The van der Waals surface area contributed by atoms with E-state index in [1.807, 2.05) is 0 Å². The number of aromatic nitrogens is 3. The Morgan fingerprint density at radius 2 is 1.96 bits per heavy atom. The number of pyridine rings is 1. The molecule has 0 saturated carbocycles. The molecular weight excluding hydrogens is 318 g/mol. The smallest absolute Gasteiger partial charge is 0.333 e. The molecular formula is C15H17N3O6. The molecule has 0 bridgehead atoms. The zero-order valence-corrected chi connectivity index (χ0v) is 12.6. The van der Waals surface area contributed by atoms with Crippen molar-refractivity contribution in [2.24, 2.45) is 0 Å². The highest BCUT2D eigenvalue weighted by molar-refractivity contribution is 5.05. The molecule has 0 spiro atoms. The molecule has 2 aromatic rings. The topological polar surface area (TPSA) is 127 Å². The van der Waals surface area contributed by atoms with E-state index in [2.05, 4.69) is 4.98 Å². The third kappa shape index (κ3) is 2.89. The van der Waals surface area contributed by atoms with Crippen LogP contribution < -0.4 is 11.2 Å². The van der Waals surface area contributed by atoms with Gasteiger partial charge in [0.2, 0.25) is 0 Å². The third-order valence-corrected chi connectivity index (χ3v) is 3.93. The lowest BCUT2D eigenvalue weighted by molar-refractivity contribution is -0.0555. The summed E-state index contributed by atoms with van der Waals surface area (Å²) in [5.74, 6) is 0. The Bertz CT molecular complexity index is 818. The summed E-state index contributed by atoms with van der Waals surface area (Å²) in [6.45, 7) is -0.537. The average molecular weight is 335 g/mol. The van der Waals surface area contributed by atoms with Crippen LogP contribution in [0.3, 0.4) is 0 Å². The zero-order valence-electron chi connectivity index (χ0n) is 12.6. The number of hydrogen-bond donors (Lipinski definition) is 3. The van der Waals surface area contributed by atoms with Crippen LogP contribution in [0.4, 0.5) is 0 Å².